The van der Waals surface area contributed by atoms with Gasteiger partial charge in [-0.15, -0.1) is 0 Å². The standard InChI is InChI=1S/C18H19Cl2N/c1-3-17(13-9-5-7-11-15(13)19)21-18(4-2)14-10-6-8-12-16(14)20/h5-12,17H,3-4H2,1-2H3. The van der Waals surface area contributed by atoms with Crippen molar-refractivity contribution in [1.29, 1.82) is 0 Å². The second-order valence-electron chi connectivity index (χ2n) is 4.85. The zero-order valence-corrected chi connectivity index (χ0v) is 13.8. The van der Waals surface area contributed by atoms with Crippen molar-refractivity contribution in [3.05, 3.63) is 69.7 Å². The molecule has 0 aliphatic heterocycles. The van der Waals surface area contributed by atoms with Gasteiger partial charge in [-0.1, -0.05) is 73.4 Å². The molecule has 0 saturated carbocycles. The molecule has 2 rings (SSSR count). The van der Waals surface area contributed by atoms with Gasteiger partial charge in [0.15, 0.2) is 0 Å². The van der Waals surface area contributed by atoms with E-state index in [9.17, 15) is 0 Å². The maximum Gasteiger partial charge on any atom is 0.0764 e. The minimum Gasteiger partial charge on any atom is -0.281 e. The highest BCUT2D eigenvalue weighted by Gasteiger charge is 2.14. The van der Waals surface area contributed by atoms with Crippen molar-refractivity contribution in [2.24, 2.45) is 4.99 Å². The van der Waals surface area contributed by atoms with Gasteiger partial charge in [-0.2, -0.15) is 0 Å². The van der Waals surface area contributed by atoms with Gasteiger partial charge >= 0.3 is 0 Å². The van der Waals surface area contributed by atoms with Crippen molar-refractivity contribution in [2.45, 2.75) is 32.7 Å². The first-order valence-electron chi connectivity index (χ1n) is 7.23. The number of rotatable bonds is 5. The molecule has 0 spiro atoms. The van der Waals surface area contributed by atoms with Crippen LogP contribution in [0.5, 0.6) is 0 Å². The van der Waals surface area contributed by atoms with E-state index in [-0.39, 0.29) is 6.04 Å². The van der Waals surface area contributed by atoms with E-state index in [1.807, 2.05) is 48.5 Å². The Kier molecular flexibility index (Phi) is 5.84. The molecule has 0 radical (unpaired) electrons. The Morgan fingerprint density at radius 1 is 0.952 bits per heavy atom. The second kappa shape index (κ2) is 7.63. The number of hydrogen-bond donors (Lipinski definition) is 0. The lowest BCUT2D eigenvalue weighted by atomic mass is 10.0. The van der Waals surface area contributed by atoms with Crippen LogP contribution in [0.2, 0.25) is 10.0 Å². The first-order chi connectivity index (χ1) is 10.2. The number of benzene rings is 2. The van der Waals surface area contributed by atoms with Gasteiger partial charge in [-0.25, -0.2) is 0 Å². The van der Waals surface area contributed by atoms with Crippen LogP contribution in [0.4, 0.5) is 0 Å². The zero-order chi connectivity index (χ0) is 15.2. The third kappa shape index (κ3) is 3.87. The quantitative estimate of drug-likeness (QED) is 0.570. The molecule has 0 aliphatic carbocycles. The Morgan fingerprint density at radius 3 is 2.14 bits per heavy atom. The molecule has 1 atom stereocenters. The predicted molar refractivity (Wildman–Crippen MR) is 92.8 cm³/mol. The van der Waals surface area contributed by atoms with Crippen LogP contribution < -0.4 is 0 Å². The summed E-state index contributed by atoms with van der Waals surface area (Å²) in [6.45, 7) is 4.22. The Hall–Kier alpha value is -1.31. The summed E-state index contributed by atoms with van der Waals surface area (Å²) in [5.41, 5.74) is 3.10. The highest BCUT2D eigenvalue weighted by Crippen LogP contribution is 2.29. The van der Waals surface area contributed by atoms with E-state index in [4.69, 9.17) is 28.2 Å². The lowest BCUT2D eigenvalue weighted by molar-refractivity contribution is 0.699. The summed E-state index contributed by atoms with van der Waals surface area (Å²) >= 11 is 12.6. The van der Waals surface area contributed by atoms with Crippen LogP contribution in [0.1, 0.15) is 43.9 Å². The average molecular weight is 320 g/mol. The fraction of sp³-hybridized carbons (Fsp3) is 0.278. The molecule has 2 aromatic carbocycles. The van der Waals surface area contributed by atoms with Gasteiger partial charge in [0.2, 0.25) is 0 Å². The molecule has 0 N–H and O–H groups in total. The summed E-state index contributed by atoms with van der Waals surface area (Å²) < 4.78 is 0. The van der Waals surface area contributed by atoms with Crippen LogP contribution in [0.3, 0.4) is 0 Å². The molecule has 0 saturated heterocycles. The molecule has 1 nitrogen and oxygen atoms in total. The largest absolute Gasteiger partial charge is 0.281 e. The Bertz CT molecular complexity index is 635. The molecule has 0 fully saturated rings. The predicted octanol–water partition coefficient (Wildman–Crippen LogP) is 6.34. The van der Waals surface area contributed by atoms with Crippen molar-refractivity contribution in [2.75, 3.05) is 0 Å². The van der Waals surface area contributed by atoms with Crippen LogP contribution in [0, 0.1) is 0 Å². The van der Waals surface area contributed by atoms with Gasteiger partial charge in [-0.3, -0.25) is 4.99 Å². The monoisotopic (exact) mass is 319 g/mol. The topological polar surface area (TPSA) is 12.4 Å². The molecule has 3 heteroatoms. The fourth-order valence-corrected chi connectivity index (χ4v) is 2.87. The van der Waals surface area contributed by atoms with Gasteiger partial charge in [0.1, 0.15) is 0 Å². The van der Waals surface area contributed by atoms with Crippen LogP contribution in [0.15, 0.2) is 53.5 Å². The molecule has 0 heterocycles. The van der Waals surface area contributed by atoms with E-state index < -0.39 is 0 Å². The van der Waals surface area contributed by atoms with E-state index in [0.717, 1.165) is 39.7 Å². The molecular weight excluding hydrogens is 301 g/mol. The summed E-state index contributed by atoms with van der Waals surface area (Å²) in [6.07, 6.45) is 1.74. The first-order valence-corrected chi connectivity index (χ1v) is 7.99. The summed E-state index contributed by atoms with van der Waals surface area (Å²) in [5, 5.41) is 1.51. The van der Waals surface area contributed by atoms with E-state index in [1.54, 1.807) is 0 Å². The third-order valence-electron chi connectivity index (χ3n) is 3.48. The molecule has 0 aliphatic rings. The molecule has 0 amide bonds. The van der Waals surface area contributed by atoms with Crippen LogP contribution in [0.25, 0.3) is 0 Å². The number of nitrogens with zero attached hydrogens (tertiary/aromatic N) is 1. The van der Waals surface area contributed by atoms with Crippen LogP contribution >= 0.6 is 23.2 Å². The maximum atomic E-state index is 6.31. The highest BCUT2D eigenvalue weighted by molar-refractivity contribution is 6.34. The van der Waals surface area contributed by atoms with Crippen LogP contribution in [-0.4, -0.2) is 5.71 Å². The molecule has 0 bridgehead atoms. The average Bonchev–Trinajstić information content (AvgIpc) is 2.51. The van der Waals surface area contributed by atoms with E-state index in [0.29, 0.717) is 0 Å². The van der Waals surface area contributed by atoms with Crippen molar-refractivity contribution >= 4 is 28.9 Å². The van der Waals surface area contributed by atoms with E-state index >= 15 is 0 Å². The molecular formula is C18H19Cl2N. The number of aliphatic imine (C=N–C) groups is 1. The van der Waals surface area contributed by atoms with Gasteiger partial charge < -0.3 is 0 Å². The van der Waals surface area contributed by atoms with Gasteiger partial charge in [0, 0.05) is 21.3 Å². The first kappa shape index (κ1) is 16.1. The third-order valence-corrected chi connectivity index (χ3v) is 4.16. The van der Waals surface area contributed by atoms with Crippen molar-refractivity contribution in [3.63, 3.8) is 0 Å². The number of hydrogen-bond acceptors (Lipinski definition) is 1. The van der Waals surface area contributed by atoms with Crippen molar-refractivity contribution in [3.8, 4) is 0 Å². The summed E-state index contributed by atoms with van der Waals surface area (Å²) in [4.78, 5) is 4.92. The SMILES string of the molecule is CCC(=NC(CC)c1ccccc1Cl)c1ccccc1Cl. The van der Waals surface area contributed by atoms with Gasteiger partial charge in [-0.05, 0) is 30.5 Å². The minimum atomic E-state index is 0.0601. The number of halogens is 2. The second-order valence-corrected chi connectivity index (χ2v) is 5.67. The Balaban J connectivity index is 2.42. The Labute approximate surface area is 136 Å². The molecule has 110 valence electrons. The molecule has 1 unspecified atom stereocenters. The summed E-state index contributed by atoms with van der Waals surface area (Å²) in [6, 6.07) is 15.8. The van der Waals surface area contributed by atoms with Gasteiger partial charge in [0.25, 0.3) is 0 Å². The highest BCUT2D eigenvalue weighted by atomic mass is 35.5. The van der Waals surface area contributed by atoms with E-state index in [2.05, 4.69) is 13.8 Å². The fourth-order valence-electron chi connectivity index (χ4n) is 2.36. The lowest BCUT2D eigenvalue weighted by Gasteiger charge is -2.15. The minimum absolute atomic E-state index is 0.0601. The van der Waals surface area contributed by atoms with Crippen molar-refractivity contribution < 1.29 is 0 Å². The smallest absolute Gasteiger partial charge is 0.0764 e. The van der Waals surface area contributed by atoms with E-state index in [1.165, 1.54) is 0 Å². The lowest BCUT2D eigenvalue weighted by Crippen LogP contribution is -2.05. The maximum absolute atomic E-state index is 6.31. The zero-order valence-electron chi connectivity index (χ0n) is 12.3. The molecule has 2 aromatic rings. The van der Waals surface area contributed by atoms with Crippen molar-refractivity contribution in [1.82, 2.24) is 0 Å². The molecule has 0 aromatic heterocycles. The van der Waals surface area contributed by atoms with Gasteiger partial charge in [0.05, 0.1) is 6.04 Å². The summed E-state index contributed by atoms with van der Waals surface area (Å²) in [5.74, 6) is 0. The Morgan fingerprint density at radius 2 is 1.57 bits per heavy atom. The van der Waals surface area contributed by atoms with Crippen LogP contribution in [-0.2, 0) is 0 Å². The summed E-state index contributed by atoms with van der Waals surface area (Å²) in [7, 11) is 0. The normalized spacial score (nSPS) is 13.2. The molecule has 21 heavy (non-hydrogen) atoms.